The van der Waals surface area contributed by atoms with E-state index in [4.69, 9.17) is 11.6 Å². The highest BCUT2D eigenvalue weighted by atomic mass is 35.5. The van der Waals surface area contributed by atoms with Crippen molar-refractivity contribution in [3.63, 3.8) is 0 Å². The van der Waals surface area contributed by atoms with Crippen molar-refractivity contribution in [1.82, 2.24) is 15.1 Å². The second kappa shape index (κ2) is 6.92. The summed E-state index contributed by atoms with van der Waals surface area (Å²) in [5.74, 6) is 0.664. The molecule has 1 aromatic heterocycles. The average molecular weight is 244 g/mol. The molecule has 1 heterocycles. The average Bonchev–Trinajstić information content (AvgIpc) is 2.73. The Bertz CT molecular complexity index is 305. The van der Waals surface area contributed by atoms with Crippen LogP contribution in [0.25, 0.3) is 0 Å². The van der Waals surface area contributed by atoms with Crippen LogP contribution in [0.4, 0.5) is 0 Å². The van der Waals surface area contributed by atoms with Gasteiger partial charge in [-0.15, -0.1) is 11.6 Å². The van der Waals surface area contributed by atoms with Gasteiger partial charge in [-0.3, -0.25) is 4.68 Å². The number of aromatic nitrogens is 2. The first-order valence-corrected chi connectivity index (χ1v) is 6.63. The summed E-state index contributed by atoms with van der Waals surface area (Å²) in [5, 5.41) is 7.98. The standard InChI is InChI=1S/C12H22ClN3/c1-4-10-7-12(16(6-3)15-10)9-14-11(5-2)8-13/h7,11,14H,4-6,8-9H2,1-3H3. The maximum atomic E-state index is 5.86. The third-order valence-corrected chi connectivity index (χ3v) is 3.20. The summed E-state index contributed by atoms with van der Waals surface area (Å²) in [6.45, 7) is 8.18. The summed E-state index contributed by atoms with van der Waals surface area (Å²) in [7, 11) is 0. The lowest BCUT2D eigenvalue weighted by Gasteiger charge is -2.13. The van der Waals surface area contributed by atoms with Gasteiger partial charge in [0, 0.05) is 25.0 Å². The van der Waals surface area contributed by atoms with Crippen LogP contribution in [-0.2, 0) is 19.5 Å². The van der Waals surface area contributed by atoms with Crippen molar-refractivity contribution in [2.24, 2.45) is 0 Å². The summed E-state index contributed by atoms with van der Waals surface area (Å²) in [4.78, 5) is 0. The van der Waals surface area contributed by atoms with Gasteiger partial charge in [-0.2, -0.15) is 5.10 Å². The van der Waals surface area contributed by atoms with Gasteiger partial charge in [0.1, 0.15) is 0 Å². The number of alkyl halides is 1. The summed E-state index contributed by atoms with van der Waals surface area (Å²) < 4.78 is 2.06. The lowest BCUT2D eigenvalue weighted by molar-refractivity contribution is 0.509. The first kappa shape index (κ1) is 13.5. The van der Waals surface area contributed by atoms with Crippen LogP contribution in [0.1, 0.15) is 38.6 Å². The fourth-order valence-electron chi connectivity index (χ4n) is 1.66. The topological polar surface area (TPSA) is 29.9 Å². The molecule has 0 radical (unpaired) electrons. The van der Waals surface area contributed by atoms with Crippen LogP contribution in [0, 0.1) is 0 Å². The molecule has 16 heavy (non-hydrogen) atoms. The monoisotopic (exact) mass is 243 g/mol. The van der Waals surface area contributed by atoms with Crippen LogP contribution in [0.15, 0.2) is 6.07 Å². The van der Waals surface area contributed by atoms with Crippen molar-refractivity contribution < 1.29 is 0 Å². The molecule has 0 aromatic carbocycles. The van der Waals surface area contributed by atoms with Crippen molar-refractivity contribution in [3.05, 3.63) is 17.5 Å². The third kappa shape index (κ3) is 3.49. The molecule has 0 aliphatic carbocycles. The molecule has 1 N–H and O–H groups in total. The Kier molecular flexibility index (Phi) is 5.85. The van der Waals surface area contributed by atoms with Crippen LogP contribution in [-0.4, -0.2) is 21.7 Å². The summed E-state index contributed by atoms with van der Waals surface area (Å²) in [5.41, 5.74) is 2.42. The van der Waals surface area contributed by atoms with Gasteiger partial charge in [-0.25, -0.2) is 0 Å². The van der Waals surface area contributed by atoms with E-state index < -0.39 is 0 Å². The molecule has 1 rings (SSSR count). The van der Waals surface area contributed by atoms with Crippen LogP contribution in [0.5, 0.6) is 0 Å². The van der Waals surface area contributed by atoms with Crippen molar-refractivity contribution in [2.45, 2.75) is 52.7 Å². The number of aryl methyl sites for hydroxylation is 2. The van der Waals surface area contributed by atoms with Crippen LogP contribution in [0.2, 0.25) is 0 Å². The Balaban J connectivity index is 2.61. The van der Waals surface area contributed by atoms with E-state index in [1.807, 2.05) is 0 Å². The van der Waals surface area contributed by atoms with E-state index in [2.05, 4.69) is 41.9 Å². The summed E-state index contributed by atoms with van der Waals surface area (Å²) >= 11 is 5.86. The predicted molar refractivity (Wildman–Crippen MR) is 68.9 cm³/mol. The van der Waals surface area contributed by atoms with E-state index in [-0.39, 0.29) is 0 Å². The van der Waals surface area contributed by atoms with E-state index in [0.717, 1.165) is 31.6 Å². The second-order valence-corrected chi connectivity index (χ2v) is 4.25. The smallest absolute Gasteiger partial charge is 0.0625 e. The molecule has 0 bridgehead atoms. The molecule has 92 valence electrons. The van der Waals surface area contributed by atoms with Crippen molar-refractivity contribution in [2.75, 3.05) is 5.88 Å². The third-order valence-electron chi connectivity index (χ3n) is 2.83. The lowest BCUT2D eigenvalue weighted by Crippen LogP contribution is -2.30. The first-order chi connectivity index (χ1) is 7.74. The number of nitrogens with one attached hydrogen (secondary N) is 1. The zero-order valence-electron chi connectivity index (χ0n) is 10.5. The molecule has 1 unspecified atom stereocenters. The number of rotatable bonds is 7. The van der Waals surface area contributed by atoms with Gasteiger partial charge in [0.05, 0.1) is 11.4 Å². The molecule has 0 saturated heterocycles. The number of nitrogens with zero attached hydrogens (tertiary/aromatic N) is 2. The van der Waals surface area contributed by atoms with Crippen molar-refractivity contribution >= 4 is 11.6 Å². The van der Waals surface area contributed by atoms with Crippen molar-refractivity contribution in [3.8, 4) is 0 Å². The molecule has 0 aliphatic rings. The van der Waals surface area contributed by atoms with Gasteiger partial charge in [-0.1, -0.05) is 13.8 Å². The zero-order valence-corrected chi connectivity index (χ0v) is 11.2. The molecular weight excluding hydrogens is 222 g/mol. The van der Waals surface area contributed by atoms with Gasteiger partial charge < -0.3 is 5.32 Å². The summed E-state index contributed by atoms with van der Waals surface area (Å²) in [6, 6.07) is 2.57. The van der Waals surface area contributed by atoms with E-state index in [1.54, 1.807) is 0 Å². The molecular formula is C12H22ClN3. The highest BCUT2D eigenvalue weighted by molar-refractivity contribution is 6.18. The molecule has 0 saturated carbocycles. The zero-order chi connectivity index (χ0) is 12.0. The minimum atomic E-state index is 0.395. The SMILES string of the molecule is CCc1cc(CNC(CC)CCl)n(CC)n1. The molecule has 1 atom stereocenters. The fraction of sp³-hybridized carbons (Fsp3) is 0.750. The molecule has 0 aliphatic heterocycles. The summed E-state index contributed by atoms with van der Waals surface area (Å²) in [6.07, 6.45) is 2.05. The van der Waals surface area contributed by atoms with Crippen LogP contribution >= 0.6 is 11.6 Å². The molecule has 4 heteroatoms. The number of hydrogen-bond acceptors (Lipinski definition) is 2. The highest BCUT2D eigenvalue weighted by Crippen LogP contribution is 2.06. The van der Waals surface area contributed by atoms with Crippen LogP contribution in [0.3, 0.4) is 0 Å². The van der Waals surface area contributed by atoms with Gasteiger partial charge in [0.15, 0.2) is 0 Å². The quantitative estimate of drug-likeness (QED) is 0.746. The molecule has 3 nitrogen and oxygen atoms in total. The maximum Gasteiger partial charge on any atom is 0.0625 e. The Morgan fingerprint density at radius 2 is 2.19 bits per heavy atom. The predicted octanol–water partition coefficient (Wildman–Crippen LogP) is 2.57. The second-order valence-electron chi connectivity index (χ2n) is 3.94. The number of halogens is 1. The number of hydrogen-bond donors (Lipinski definition) is 1. The van der Waals surface area contributed by atoms with E-state index >= 15 is 0 Å². The normalized spacial score (nSPS) is 13.0. The molecule has 1 aromatic rings. The Morgan fingerprint density at radius 1 is 1.44 bits per heavy atom. The van der Waals surface area contributed by atoms with E-state index in [0.29, 0.717) is 11.9 Å². The lowest BCUT2D eigenvalue weighted by atomic mass is 10.2. The van der Waals surface area contributed by atoms with Crippen molar-refractivity contribution in [1.29, 1.82) is 0 Å². The minimum absolute atomic E-state index is 0.395. The Morgan fingerprint density at radius 3 is 2.69 bits per heavy atom. The van der Waals surface area contributed by atoms with E-state index in [9.17, 15) is 0 Å². The Labute approximate surface area is 103 Å². The van der Waals surface area contributed by atoms with Gasteiger partial charge in [0.25, 0.3) is 0 Å². The van der Waals surface area contributed by atoms with Crippen LogP contribution < -0.4 is 5.32 Å². The first-order valence-electron chi connectivity index (χ1n) is 6.10. The largest absolute Gasteiger partial charge is 0.307 e. The molecule has 0 amide bonds. The van der Waals surface area contributed by atoms with Gasteiger partial charge in [0.2, 0.25) is 0 Å². The van der Waals surface area contributed by atoms with Gasteiger partial charge >= 0.3 is 0 Å². The highest BCUT2D eigenvalue weighted by Gasteiger charge is 2.08. The molecule has 0 spiro atoms. The van der Waals surface area contributed by atoms with E-state index in [1.165, 1.54) is 5.69 Å². The maximum absolute atomic E-state index is 5.86. The van der Waals surface area contributed by atoms with Gasteiger partial charge in [-0.05, 0) is 25.8 Å². The minimum Gasteiger partial charge on any atom is -0.307 e. The molecule has 0 fully saturated rings. The fourth-order valence-corrected chi connectivity index (χ4v) is 1.99. The Hall–Kier alpha value is -0.540.